The number of likely N-dealkylation sites (tertiary alicyclic amines) is 1. The van der Waals surface area contributed by atoms with Crippen LogP contribution in [0.3, 0.4) is 0 Å². The number of nitrogens with zero attached hydrogens (tertiary/aromatic N) is 4. The van der Waals surface area contributed by atoms with Crippen molar-refractivity contribution in [1.29, 1.82) is 0 Å². The van der Waals surface area contributed by atoms with Crippen LogP contribution < -0.4 is 0 Å². The molecule has 0 N–H and O–H groups in total. The minimum atomic E-state index is -0.656. The van der Waals surface area contributed by atoms with E-state index in [2.05, 4.69) is 10.2 Å². The number of amides is 1. The molecule has 0 unspecified atom stereocenters. The molecule has 0 bridgehead atoms. The molecule has 9 heteroatoms. The fourth-order valence-electron chi connectivity index (χ4n) is 4.13. The fraction of sp³-hybridized carbons (Fsp3) is 0.391. The quantitative estimate of drug-likeness (QED) is 0.581. The second-order valence-corrected chi connectivity index (χ2v) is 9.92. The highest BCUT2D eigenvalue weighted by Gasteiger charge is 2.50. The van der Waals surface area contributed by atoms with Crippen LogP contribution in [0, 0.1) is 5.41 Å². The van der Waals surface area contributed by atoms with Gasteiger partial charge >= 0.3 is 6.09 Å². The van der Waals surface area contributed by atoms with Gasteiger partial charge < -0.3 is 14.4 Å². The summed E-state index contributed by atoms with van der Waals surface area (Å²) in [5, 5.41) is 8.87. The maximum absolute atomic E-state index is 12.8. The molecule has 166 valence electrons. The van der Waals surface area contributed by atoms with E-state index in [1.165, 1.54) is 4.57 Å². The van der Waals surface area contributed by atoms with Crippen molar-refractivity contribution in [3.63, 3.8) is 0 Å². The van der Waals surface area contributed by atoms with Crippen LogP contribution in [0.2, 0.25) is 5.15 Å². The Bertz CT molecular complexity index is 1220. The minimum absolute atomic E-state index is 0.0131. The van der Waals surface area contributed by atoms with Gasteiger partial charge in [-0.3, -0.25) is 4.79 Å². The second-order valence-electron chi connectivity index (χ2n) is 9.53. The van der Waals surface area contributed by atoms with Crippen molar-refractivity contribution in [2.75, 3.05) is 26.3 Å². The van der Waals surface area contributed by atoms with Gasteiger partial charge in [0.15, 0.2) is 10.8 Å². The van der Waals surface area contributed by atoms with Crippen LogP contribution in [0.5, 0.6) is 0 Å². The van der Waals surface area contributed by atoms with Gasteiger partial charge in [-0.1, -0.05) is 23.7 Å². The van der Waals surface area contributed by atoms with Gasteiger partial charge in [0.1, 0.15) is 5.60 Å². The Morgan fingerprint density at radius 1 is 1.12 bits per heavy atom. The first-order chi connectivity index (χ1) is 15.1. The largest absolute Gasteiger partial charge is 0.443 e. The van der Waals surface area contributed by atoms with Crippen molar-refractivity contribution >= 4 is 34.6 Å². The molecule has 2 aliphatic heterocycles. The highest BCUT2D eigenvalue weighted by atomic mass is 35.5. The Morgan fingerprint density at radius 2 is 1.81 bits per heavy atom. The maximum Gasteiger partial charge on any atom is 0.420 e. The Hall–Kier alpha value is -2.97. The molecule has 3 aromatic rings. The van der Waals surface area contributed by atoms with Crippen molar-refractivity contribution in [3.8, 4) is 11.1 Å². The fourth-order valence-corrected chi connectivity index (χ4v) is 4.28. The van der Waals surface area contributed by atoms with Gasteiger partial charge in [0.25, 0.3) is 5.91 Å². The third-order valence-corrected chi connectivity index (χ3v) is 5.90. The van der Waals surface area contributed by atoms with Crippen LogP contribution >= 0.6 is 11.6 Å². The first-order valence-electron chi connectivity index (χ1n) is 10.4. The van der Waals surface area contributed by atoms with E-state index in [4.69, 9.17) is 21.1 Å². The highest BCUT2D eigenvalue weighted by molar-refractivity contribution is 6.30. The lowest BCUT2D eigenvalue weighted by Gasteiger charge is -2.54. The van der Waals surface area contributed by atoms with Crippen LogP contribution in [0.25, 0.3) is 22.2 Å². The predicted octanol–water partition coefficient (Wildman–Crippen LogP) is 4.01. The SMILES string of the molecule is CC(C)(C)OC(=O)n1cc(-c2ccc(C(=O)N3CC4(COC4)C3)cc2)c2cc(Cl)nnc21. The zero-order valence-corrected chi connectivity index (χ0v) is 18.8. The molecule has 0 saturated carbocycles. The first kappa shape index (κ1) is 20.9. The summed E-state index contributed by atoms with van der Waals surface area (Å²) in [7, 11) is 0. The van der Waals surface area contributed by atoms with Crippen molar-refractivity contribution < 1.29 is 19.1 Å². The van der Waals surface area contributed by atoms with Gasteiger partial charge in [-0.2, -0.15) is 0 Å². The average Bonchev–Trinajstić information content (AvgIpc) is 3.03. The molecule has 5 rings (SSSR count). The summed E-state index contributed by atoms with van der Waals surface area (Å²) >= 11 is 6.08. The Labute approximate surface area is 190 Å². The number of hydrogen-bond acceptors (Lipinski definition) is 6. The molecular weight excluding hydrogens is 432 g/mol. The van der Waals surface area contributed by atoms with Gasteiger partial charge in [0.2, 0.25) is 0 Å². The van der Waals surface area contributed by atoms with Crippen LogP contribution in [-0.2, 0) is 9.47 Å². The Balaban J connectivity index is 1.44. The molecule has 4 heterocycles. The van der Waals surface area contributed by atoms with E-state index < -0.39 is 11.7 Å². The van der Waals surface area contributed by atoms with E-state index in [-0.39, 0.29) is 16.5 Å². The number of benzene rings is 1. The normalized spacial score (nSPS) is 17.2. The standard InChI is InChI=1S/C23H23ClN4O4/c1-22(2,3)32-21(30)28-9-17(16-8-18(24)25-26-19(16)28)14-4-6-15(7-5-14)20(29)27-10-23(11-27)12-31-13-23/h4-9H,10-13H2,1-3H3. The first-order valence-corrected chi connectivity index (χ1v) is 10.8. The average molecular weight is 455 g/mol. The topological polar surface area (TPSA) is 86.5 Å². The molecule has 1 amide bonds. The molecule has 32 heavy (non-hydrogen) atoms. The predicted molar refractivity (Wildman–Crippen MR) is 119 cm³/mol. The van der Waals surface area contributed by atoms with Crippen LogP contribution in [0.1, 0.15) is 31.1 Å². The van der Waals surface area contributed by atoms with Gasteiger partial charge in [0, 0.05) is 35.8 Å². The van der Waals surface area contributed by atoms with E-state index in [9.17, 15) is 9.59 Å². The molecule has 0 atom stereocenters. The van der Waals surface area contributed by atoms with Crippen molar-refractivity contribution in [1.82, 2.24) is 19.7 Å². The number of carbonyl (C=O) groups is 2. The molecule has 2 saturated heterocycles. The highest BCUT2D eigenvalue weighted by Crippen LogP contribution is 2.38. The third kappa shape index (κ3) is 3.63. The second kappa shape index (κ2) is 7.28. The molecule has 0 aliphatic carbocycles. The summed E-state index contributed by atoms with van der Waals surface area (Å²) in [4.78, 5) is 27.3. The molecule has 8 nitrogen and oxygen atoms in total. The van der Waals surface area contributed by atoms with E-state index in [0.717, 1.165) is 37.4 Å². The smallest absolute Gasteiger partial charge is 0.420 e. The summed E-state index contributed by atoms with van der Waals surface area (Å²) in [6.45, 7) is 8.36. The van der Waals surface area contributed by atoms with E-state index in [1.54, 1.807) is 45.2 Å². The van der Waals surface area contributed by atoms with Gasteiger partial charge in [-0.15, -0.1) is 10.2 Å². The minimum Gasteiger partial charge on any atom is -0.443 e. The lowest BCUT2D eigenvalue weighted by molar-refractivity contribution is -0.176. The van der Waals surface area contributed by atoms with Crippen molar-refractivity contribution in [2.45, 2.75) is 26.4 Å². The number of halogens is 1. The zero-order chi connectivity index (χ0) is 22.7. The third-order valence-electron chi connectivity index (χ3n) is 5.71. The Kier molecular flexibility index (Phi) is 4.76. The number of fused-ring (bicyclic) bond motifs is 1. The summed E-state index contributed by atoms with van der Waals surface area (Å²) < 4.78 is 12.1. The van der Waals surface area contributed by atoms with Crippen LogP contribution in [0.4, 0.5) is 4.79 Å². The van der Waals surface area contributed by atoms with Gasteiger partial charge in [0.05, 0.1) is 18.6 Å². The molecule has 1 aromatic carbocycles. The number of carbonyl (C=O) groups excluding carboxylic acids is 2. The van der Waals surface area contributed by atoms with Gasteiger partial charge in [-0.25, -0.2) is 9.36 Å². The van der Waals surface area contributed by atoms with Crippen LogP contribution in [0.15, 0.2) is 36.5 Å². The monoisotopic (exact) mass is 454 g/mol. The van der Waals surface area contributed by atoms with Crippen molar-refractivity contribution in [3.05, 3.63) is 47.2 Å². The Morgan fingerprint density at radius 3 is 2.41 bits per heavy atom. The summed E-state index contributed by atoms with van der Waals surface area (Å²) in [5.74, 6) is 0.0131. The summed E-state index contributed by atoms with van der Waals surface area (Å²) in [5.41, 5.74) is 2.07. The lowest BCUT2D eigenvalue weighted by Crippen LogP contribution is -2.67. The van der Waals surface area contributed by atoms with E-state index in [0.29, 0.717) is 16.6 Å². The number of rotatable bonds is 2. The van der Waals surface area contributed by atoms with E-state index in [1.807, 2.05) is 17.0 Å². The van der Waals surface area contributed by atoms with Crippen LogP contribution in [-0.4, -0.2) is 63.6 Å². The number of aromatic nitrogens is 3. The lowest BCUT2D eigenvalue weighted by atomic mass is 9.78. The molecule has 2 fully saturated rings. The maximum atomic E-state index is 12.8. The molecule has 2 aliphatic rings. The molecule has 0 radical (unpaired) electrons. The molecular formula is C23H23ClN4O4. The van der Waals surface area contributed by atoms with Crippen molar-refractivity contribution in [2.24, 2.45) is 5.41 Å². The zero-order valence-electron chi connectivity index (χ0n) is 18.1. The van der Waals surface area contributed by atoms with E-state index >= 15 is 0 Å². The van der Waals surface area contributed by atoms with Gasteiger partial charge in [-0.05, 0) is 44.5 Å². The number of ether oxygens (including phenoxy) is 2. The molecule has 2 aromatic heterocycles. The number of hydrogen-bond donors (Lipinski definition) is 0. The molecule has 1 spiro atoms. The summed E-state index contributed by atoms with van der Waals surface area (Å²) in [6, 6.07) is 8.98. The summed E-state index contributed by atoms with van der Waals surface area (Å²) in [6.07, 6.45) is 1.11.